The minimum atomic E-state index is 0. The second-order valence-electron chi connectivity index (χ2n) is 4.62. The number of hydrogen-bond acceptors (Lipinski definition) is 5. The summed E-state index contributed by atoms with van der Waals surface area (Å²) in [6.45, 7) is 11.5. The minimum absolute atomic E-state index is 0. The molecule has 0 aromatic carbocycles. The molecular weight excluding hydrogens is 344 g/mol. The summed E-state index contributed by atoms with van der Waals surface area (Å²) in [6.07, 6.45) is 8.15. The van der Waals surface area contributed by atoms with Gasteiger partial charge in [-0.2, -0.15) is 0 Å². The van der Waals surface area contributed by atoms with E-state index in [0.29, 0.717) is 26.4 Å². The van der Waals surface area contributed by atoms with Gasteiger partial charge in [0.25, 0.3) is 0 Å². The van der Waals surface area contributed by atoms with E-state index in [2.05, 4.69) is 27.7 Å². The predicted octanol–water partition coefficient (Wildman–Crippen LogP) is 3.11. The Morgan fingerprint density at radius 2 is 0.542 bits per heavy atom. The Bertz CT molecular complexity index is 87.6. The van der Waals surface area contributed by atoms with Crippen molar-refractivity contribution in [3.8, 4) is 0 Å². The summed E-state index contributed by atoms with van der Waals surface area (Å²) in [7, 11) is 0. The molecule has 0 unspecified atom stereocenters. The fourth-order valence-electron chi connectivity index (χ4n) is 0.632. The van der Waals surface area contributed by atoms with Crippen LogP contribution >= 0.6 is 0 Å². The van der Waals surface area contributed by atoms with E-state index in [1.54, 1.807) is 6.92 Å². The van der Waals surface area contributed by atoms with E-state index in [1.807, 2.05) is 0 Å². The van der Waals surface area contributed by atoms with Crippen molar-refractivity contribution in [2.45, 2.75) is 86.0 Å². The van der Waals surface area contributed by atoms with E-state index in [-0.39, 0.29) is 28.3 Å². The molecule has 0 aromatic rings. The van der Waals surface area contributed by atoms with Gasteiger partial charge in [-0.15, -0.1) is 0 Å². The van der Waals surface area contributed by atoms with Gasteiger partial charge >= 0.3 is 0 Å². The van der Waals surface area contributed by atoms with Crippen LogP contribution in [0.5, 0.6) is 0 Å². The van der Waals surface area contributed by atoms with E-state index in [9.17, 15) is 0 Å². The third kappa shape index (κ3) is 144. The Balaban J connectivity index is -0.0000000422. The minimum Gasteiger partial charge on any atom is -0.397 e. The van der Waals surface area contributed by atoms with E-state index < -0.39 is 0 Å². The molecule has 0 fully saturated rings. The van der Waals surface area contributed by atoms with Crippen molar-refractivity contribution >= 4 is 0 Å². The maximum Gasteiger partial charge on any atom is 0.0430 e. The van der Waals surface area contributed by atoms with Gasteiger partial charge in [-0.3, -0.25) is 0 Å². The Morgan fingerprint density at radius 3 is 0.542 bits per heavy atom. The first-order valence-electron chi connectivity index (χ1n) is 9.12. The largest absolute Gasteiger partial charge is 0.397 e. The SMILES string of the molecule is CCCCO.CCCCO.CCCCO.CCCCO.CCO.[Ti]. The molecule has 0 rings (SSSR count). The molecule has 0 heterocycles. The van der Waals surface area contributed by atoms with Gasteiger partial charge in [0, 0.05) is 54.8 Å². The van der Waals surface area contributed by atoms with Gasteiger partial charge in [0.2, 0.25) is 0 Å². The third-order valence-electron chi connectivity index (χ3n) is 2.05. The van der Waals surface area contributed by atoms with Crippen LogP contribution in [0.3, 0.4) is 0 Å². The van der Waals surface area contributed by atoms with Crippen molar-refractivity contribution < 1.29 is 47.3 Å². The van der Waals surface area contributed by atoms with Gasteiger partial charge in [-0.25, -0.2) is 0 Å². The Hall–Kier alpha value is 0.514. The van der Waals surface area contributed by atoms with Gasteiger partial charge in [0.15, 0.2) is 0 Å². The summed E-state index contributed by atoms with van der Waals surface area (Å²) in [5, 5.41) is 39.8. The number of unbranched alkanes of at least 4 members (excludes halogenated alkanes) is 4. The molecule has 5 N–H and O–H groups in total. The number of rotatable bonds is 8. The second-order valence-corrected chi connectivity index (χ2v) is 4.62. The number of aliphatic hydroxyl groups excluding tert-OH is 5. The zero-order valence-corrected chi connectivity index (χ0v) is 18.5. The van der Waals surface area contributed by atoms with Crippen molar-refractivity contribution in [2.75, 3.05) is 33.0 Å². The van der Waals surface area contributed by atoms with Crippen LogP contribution in [0.25, 0.3) is 0 Å². The molecule has 5 nitrogen and oxygen atoms in total. The second kappa shape index (κ2) is 65.3. The Kier molecular flexibility index (Phi) is 108. The number of aliphatic hydroxyl groups is 5. The maximum atomic E-state index is 8.07. The fourth-order valence-corrected chi connectivity index (χ4v) is 0.632. The predicted molar refractivity (Wildman–Crippen MR) is 101 cm³/mol. The molecule has 0 radical (unpaired) electrons. The molecule has 6 heteroatoms. The first kappa shape index (κ1) is 39.5. The molecular formula is C18H46O5Ti. The van der Waals surface area contributed by atoms with Gasteiger partial charge in [0.05, 0.1) is 0 Å². The van der Waals surface area contributed by atoms with E-state index in [1.165, 1.54) is 0 Å². The van der Waals surface area contributed by atoms with Crippen molar-refractivity contribution in [3.05, 3.63) is 0 Å². The summed E-state index contributed by atoms with van der Waals surface area (Å²) in [5.41, 5.74) is 0. The van der Waals surface area contributed by atoms with Crippen molar-refractivity contribution in [3.63, 3.8) is 0 Å². The molecule has 0 aliphatic heterocycles. The van der Waals surface area contributed by atoms with E-state index in [0.717, 1.165) is 51.4 Å². The van der Waals surface area contributed by atoms with Crippen molar-refractivity contribution in [2.24, 2.45) is 0 Å². The van der Waals surface area contributed by atoms with Gasteiger partial charge < -0.3 is 25.5 Å². The van der Waals surface area contributed by atoms with Crippen LogP contribution in [0.2, 0.25) is 0 Å². The standard InChI is InChI=1S/4C4H10O.C2H6O.Ti/c4*1-2-3-4-5;1-2-3;/h4*5H,2-4H2,1H3;3H,2H2,1H3;. The molecule has 0 amide bonds. The van der Waals surface area contributed by atoms with Gasteiger partial charge in [-0.1, -0.05) is 53.4 Å². The normalized spacial score (nSPS) is 7.75. The monoisotopic (exact) mass is 390 g/mol. The summed E-state index contributed by atoms with van der Waals surface area (Å²) in [5.74, 6) is 0. The van der Waals surface area contributed by atoms with E-state index >= 15 is 0 Å². The van der Waals surface area contributed by atoms with Gasteiger partial charge in [-0.05, 0) is 32.6 Å². The first-order valence-corrected chi connectivity index (χ1v) is 9.12. The molecule has 0 aromatic heterocycles. The van der Waals surface area contributed by atoms with Crippen LogP contribution in [0.1, 0.15) is 86.0 Å². The molecule has 0 aliphatic carbocycles. The molecule has 0 saturated carbocycles. The zero-order valence-electron chi connectivity index (χ0n) is 16.9. The maximum absolute atomic E-state index is 8.07. The summed E-state index contributed by atoms with van der Waals surface area (Å²) in [4.78, 5) is 0. The molecule has 0 aliphatic rings. The van der Waals surface area contributed by atoms with Crippen molar-refractivity contribution in [1.29, 1.82) is 0 Å². The molecule has 0 atom stereocenters. The van der Waals surface area contributed by atoms with Crippen LogP contribution in [-0.4, -0.2) is 58.6 Å². The molecule has 0 bridgehead atoms. The van der Waals surface area contributed by atoms with Crippen molar-refractivity contribution in [1.82, 2.24) is 0 Å². The van der Waals surface area contributed by atoms with Crippen LogP contribution in [0, 0.1) is 0 Å². The van der Waals surface area contributed by atoms with E-state index in [4.69, 9.17) is 25.5 Å². The summed E-state index contributed by atoms with van der Waals surface area (Å²) < 4.78 is 0. The van der Waals surface area contributed by atoms with Crippen LogP contribution in [0.4, 0.5) is 0 Å². The topological polar surface area (TPSA) is 101 Å². The fraction of sp³-hybridized carbons (Fsp3) is 1.00. The van der Waals surface area contributed by atoms with Crippen LogP contribution < -0.4 is 0 Å². The summed E-state index contributed by atoms with van der Waals surface area (Å²) >= 11 is 0. The third-order valence-corrected chi connectivity index (χ3v) is 2.05. The van der Waals surface area contributed by atoms with Gasteiger partial charge in [0.1, 0.15) is 0 Å². The molecule has 0 saturated heterocycles. The molecule has 24 heavy (non-hydrogen) atoms. The van der Waals surface area contributed by atoms with Crippen LogP contribution in [0.15, 0.2) is 0 Å². The van der Waals surface area contributed by atoms with Crippen LogP contribution in [-0.2, 0) is 21.7 Å². The molecule has 152 valence electrons. The average molecular weight is 390 g/mol. The Labute approximate surface area is 166 Å². The number of hydrogen-bond donors (Lipinski definition) is 5. The Morgan fingerprint density at radius 1 is 0.417 bits per heavy atom. The summed E-state index contributed by atoms with van der Waals surface area (Å²) in [6, 6.07) is 0. The molecule has 0 spiro atoms. The quantitative estimate of drug-likeness (QED) is 0.410. The first-order chi connectivity index (χ1) is 11.1. The smallest absolute Gasteiger partial charge is 0.0430 e. The zero-order chi connectivity index (χ0) is 19.2. The average Bonchev–Trinajstić information content (AvgIpc) is 2.53.